The Hall–Kier alpha value is -2.90. The first kappa shape index (κ1) is 21.3. The van der Waals surface area contributed by atoms with Crippen molar-refractivity contribution < 1.29 is 9.59 Å². The fraction of sp³-hybridized carbons (Fsp3) is 0.217. The van der Waals surface area contributed by atoms with Crippen LogP contribution in [0.25, 0.3) is 0 Å². The Balaban J connectivity index is 1.47. The summed E-state index contributed by atoms with van der Waals surface area (Å²) in [5.74, 6) is -0.139. The second kappa shape index (κ2) is 9.08. The highest BCUT2D eigenvalue weighted by Gasteiger charge is 2.34. The van der Waals surface area contributed by atoms with E-state index in [1.54, 1.807) is 24.3 Å². The molecule has 2 heterocycles. The number of imide groups is 1. The maximum atomic E-state index is 12.6. The van der Waals surface area contributed by atoms with Crippen molar-refractivity contribution in [3.63, 3.8) is 0 Å². The van der Waals surface area contributed by atoms with Crippen molar-refractivity contribution in [1.82, 2.24) is 14.9 Å². The summed E-state index contributed by atoms with van der Waals surface area (Å²) in [6.07, 6.45) is 1.10. The van der Waals surface area contributed by atoms with Gasteiger partial charge in [-0.3, -0.25) is 19.3 Å². The molecule has 1 aliphatic heterocycles. The van der Waals surface area contributed by atoms with Gasteiger partial charge in [0.1, 0.15) is 0 Å². The van der Waals surface area contributed by atoms with Gasteiger partial charge in [-0.2, -0.15) is 0 Å². The number of aromatic amines is 1. The Morgan fingerprint density at radius 3 is 2.26 bits per heavy atom. The van der Waals surface area contributed by atoms with E-state index in [0.29, 0.717) is 45.5 Å². The number of amides is 2. The lowest BCUT2D eigenvalue weighted by molar-refractivity contribution is 0.0664. The zero-order valence-corrected chi connectivity index (χ0v) is 18.4. The molecule has 0 saturated heterocycles. The fourth-order valence-corrected chi connectivity index (χ4v) is 4.51. The number of nitrogens with zero attached hydrogens (tertiary/aromatic N) is 2. The van der Waals surface area contributed by atoms with Gasteiger partial charge in [-0.15, -0.1) is 0 Å². The third kappa shape index (κ3) is 4.43. The number of halogens is 1. The number of nitrogens with one attached hydrogen (secondary N) is 1. The minimum Gasteiger partial charge on any atom is -0.301 e. The summed E-state index contributed by atoms with van der Waals surface area (Å²) in [5, 5.41) is 1.13. The first-order chi connectivity index (χ1) is 15.0. The molecule has 2 amide bonds. The van der Waals surface area contributed by atoms with Crippen LogP contribution in [0, 0.1) is 0 Å². The van der Waals surface area contributed by atoms with Crippen molar-refractivity contribution in [2.24, 2.45) is 0 Å². The van der Waals surface area contributed by atoms with Gasteiger partial charge >= 0.3 is 0 Å². The van der Waals surface area contributed by atoms with Crippen LogP contribution in [0.5, 0.6) is 0 Å². The molecule has 2 aromatic carbocycles. The Morgan fingerprint density at radius 2 is 1.65 bits per heavy atom. The third-order valence-electron chi connectivity index (χ3n) is 5.15. The molecule has 0 aliphatic carbocycles. The number of H-pyrrole nitrogens is 1. The van der Waals surface area contributed by atoms with Crippen LogP contribution >= 0.6 is 23.4 Å². The van der Waals surface area contributed by atoms with Crippen molar-refractivity contribution in [2.75, 3.05) is 12.3 Å². The van der Waals surface area contributed by atoms with Crippen LogP contribution in [-0.4, -0.2) is 39.0 Å². The lowest BCUT2D eigenvalue weighted by atomic mass is 10.0. The molecule has 8 heteroatoms. The Morgan fingerprint density at radius 1 is 1.00 bits per heavy atom. The predicted molar refractivity (Wildman–Crippen MR) is 121 cm³/mol. The first-order valence-electron chi connectivity index (χ1n) is 9.92. The summed E-state index contributed by atoms with van der Waals surface area (Å²) in [6.45, 7) is 2.16. The smallest absolute Gasteiger partial charge is 0.261 e. The lowest BCUT2D eigenvalue weighted by Crippen LogP contribution is -2.32. The molecule has 4 rings (SSSR count). The van der Waals surface area contributed by atoms with Crippen LogP contribution < -0.4 is 5.56 Å². The predicted octanol–water partition coefficient (Wildman–Crippen LogP) is 3.96. The second-order valence-corrected chi connectivity index (χ2v) is 8.63. The van der Waals surface area contributed by atoms with E-state index < -0.39 is 0 Å². The SMILES string of the molecule is CCc1c(Cc2ccc(Cl)cc2)nc(SCCN2C(=O)c3ccccc3C2=O)[nH]c1=O. The summed E-state index contributed by atoms with van der Waals surface area (Å²) in [5.41, 5.74) is 3.09. The minimum absolute atomic E-state index is 0.162. The molecule has 158 valence electrons. The standard InChI is InChI=1S/C23H20ClN3O3S/c1-2-16-19(13-14-7-9-15(24)10-8-14)25-23(26-20(16)28)31-12-11-27-21(29)17-5-3-4-6-18(17)22(27)30/h3-10H,2,11-13H2,1H3,(H,25,26,28). The van der Waals surface area contributed by atoms with Crippen LogP contribution in [0.2, 0.25) is 5.02 Å². The number of carbonyl (C=O) groups excluding carboxylic acids is 2. The summed E-state index contributed by atoms with van der Waals surface area (Å²) in [4.78, 5) is 46.2. The van der Waals surface area contributed by atoms with E-state index in [1.807, 2.05) is 31.2 Å². The molecule has 3 aromatic rings. The molecule has 0 radical (unpaired) electrons. The van der Waals surface area contributed by atoms with Gasteiger partial charge in [0.15, 0.2) is 5.16 Å². The number of aromatic nitrogens is 2. The quantitative estimate of drug-likeness (QED) is 0.332. The zero-order chi connectivity index (χ0) is 22.0. The molecule has 0 spiro atoms. The van der Waals surface area contributed by atoms with Crippen molar-refractivity contribution in [3.8, 4) is 0 Å². The largest absolute Gasteiger partial charge is 0.301 e. The van der Waals surface area contributed by atoms with E-state index in [0.717, 1.165) is 11.3 Å². The summed E-state index contributed by atoms with van der Waals surface area (Å²) in [6, 6.07) is 14.3. The highest BCUT2D eigenvalue weighted by Crippen LogP contribution is 2.24. The van der Waals surface area contributed by atoms with Gasteiger partial charge in [0.25, 0.3) is 17.4 Å². The minimum atomic E-state index is -0.285. The number of hydrogen-bond donors (Lipinski definition) is 1. The van der Waals surface area contributed by atoms with E-state index in [2.05, 4.69) is 9.97 Å². The average Bonchev–Trinajstić information content (AvgIpc) is 3.00. The molecule has 0 atom stereocenters. The average molecular weight is 454 g/mol. The molecule has 0 bridgehead atoms. The van der Waals surface area contributed by atoms with Gasteiger partial charge in [-0.25, -0.2) is 4.98 Å². The van der Waals surface area contributed by atoms with Crippen molar-refractivity contribution in [3.05, 3.63) is 91.9 Å². The molecule has 1 aliphatic rings. The van der Waals surface area contributed by atoms with Gasteiger partial charge in [-0.05, 0) is 36.2 Å². The van der Waals surface area contributed by atoms with Crippen LogP contribution in [0.3, 0.4) is 0 Å². The van der Waals surface area contributed by atoms with Crippen LogP contribution in [0.15, 0.2) is 58.5 Å². The normalized spacial score (nSPS) is 13.0. The van der Waals surface area contributed by atoms with Gasteiger partial charge in [-0.1, -0.05) is 54.6 Å². The van der Waals surface area contributed by atoms with E-state index in [-0.39, 0.29) is 23.9 Å². The summed E-state index contributed by atoms with van der Waals surface area (Å²) >= 11 is 7.28. The molecule has 6 nitrogen and oxygen atoms in total. The molecular weight excluding hydrogens is 434 g/mol. The number of fused-ring (bicyclic) bond motifs is 1. The topological polar surface area (TPSA) is 83.1 Å². The number of thioether (sulfide) groups is 1. The lowest BCUT2D eigenvalue weighted by Gasteiger charge is -2.13. The Labute approximate surface area is 188 Å². The maximum absolute atomic E-state index is 12.6. The van der Waals surface area contributed by atoms with Crippen molar-refractivity contribution in [2.45, 2.75) is 24.9 Å². The Bertz CT molecular complexity index is 1170. The highest BCUT2D eigenvalue weighted by atomic mass is 35.5. The van der Waals surface area contributed by atoms with Gasteiger partial charge in [0.2, 0.25) is 0 Å². The van der Waals surface area contributed by atoms with Crippen LogP contribution in [0.4, 0.5) is 0 Å². The molecule has 0 saturated carbocycles. The molecule has 1 aromatic heterocycles. The molecule has 1 N–H and O–H groups in total. The number of carbonyl (C=O) groups is 2. The molecule has 31 heavy (non-hydrogen) atoms. The van der Waals surface area contributed by atoms with Crippen molar-refractivity contribution >= 4 is 35.2 Å². The van der Waals surface area contributed by atoms with Gasteiger partial charge in [0.05, 0.1) is 16.8 Å². The van der Waals surface area contributed by atoms with Crippen molar-refractivity contribution in [1.29, 1.82) is 0 Å². The fourth-order valence-electron chi connectivity index (χ4n) is 3.57. The van der Waals surface area contributed by atoms with Crippen LogP contribution in [0.1, 0.15) is 44.5 Å². The molecule has 0 unspecified atom stereocenters. The number of rotatable bonds is 7. The van der Waals surface area contributed by atoms with Gasteiger partial charge < -0.3 is 4.98 Å². The summed E-state index contributed by atoms with van der Waals surface area (Å²) in [7, 11) is 0. The van der Waals surface area contributed by atoms with E-state index in [9.17, 15) is 14.4 Å². The first-order valence-corrected chi connectivity index (χ1v) is 11.3. The third-order valence-corrected chi connectivity index (χ3v) is 6.26. The van der Waals surface area contributed by atoms with Gasteiger partial charge in [0, 0.05) is 29.3 Å². The monoisotopic (exact) mass is 453 g/mol. The highest BCUT2D eigenvalue weighted by molar-refractivity contribution is 7.99. The number of benzene rings is 2. The zero-order valence-electron chi connectivity index (χ0n) is 16.9. The second-order valence-electron chi connectivity index (χ2n) is 7.11. The van der Waals surface area contributed by atoms with E-state index in [1.165, 1.54) is 16.7 Å². The molecule has 0 fully saturated rings. The van der Waals surface area contributed by atoms with E-state index >= 15 is 0 Å². The molecular formula is C23H20ClN3O3S. The van der Waals surface area contributed by atoms with E-state index in [4.69, 9.17) is 11.6 Å². The maximum Gasteiger partial charge on any atom is 0.261 e. The Kier molecular flexibility index (Phi) is 6.25. The number of hydrogen-bond acceptors (Lipinski definition) is 5. The summed E-state index contributed by atoms with van der Waals surface area (Å²) < 4.78 is 0. The van der Waals surface area contributed by atoms with Crippen LogP contribution in [-0.2, 0) is 12.8 Å².